The molecule has 0 fully saturated rings. The van der Waals surface area contributed by atoms with Crippen molar-refractivity contribution in [2.45, 2.75) is 24.4 Å². The molecule has 1 unspecified atom stereocenters. The van der Waals surface area contributed by atoms with Crippen LogP contribution in [-0.4, -0.2) is 56.6 Å². The molecule has 1 atom stereocenters. The van der Waals surface area contributed by atoms with E-state index >= 15 is 0 Å². The molecule has 14 heteroatoms. The Kier molecular flexibility index (Phi) is 6.17. The van der Waals surface area contributed by atoms with Crippen molar-refractivity contribution in [3.8, 4) is 11.4 Å². The fourth-order valence-corrected chi connectivity index (χ4v) is 5.72. The predicted molar refractivity (Wildman–Crippen MR) is 126 cm³/mol. The molecule has 0 aliphatic carbocycles. The van der Waals surface area contributed by atoms with Crippen molar-refractivity contribution in [2.24, 2.45) is 0 Å². The molecule has 2 aromatic carbocycles. The highest BCUT2D eigenvalue weighted by atomic mass is 32.2. The van der Waals surface area contributed by atoms with Gasteiger partial charge in [-0.15, -0.1) is 10.2 Å². The van der Waals surface area contributed by atoms with Crippen molar-refractivity contribution in [3.05, 3.63) is 82.7 Å². The quantitative estimate of drug-likeness (QED) is 0.337. The molecule has 0 saturated heterocycles. The number of rotatable bonds is 6. The summed E-state index contributed by atoms with van der Waals surface area (Å²) in [6.45, 7) is 1.75. The van der Waals surface area contributed by atoms with Crippen molar-refractivity contribution in [1.29, 1.82) is 0 Å². The normalized spacial score (nSPS) is 15.7. The number of carbonyl (C=O) groups is 2. The lowest BCUT2D eigenvalue weighted by Crippen LogP contribution is -2.31. The minimum atomic E-state index is -3.68. The van der Waals surface area contributed by atoms with Gasteiger partial charge in [-0.1, -0.05) is 24.3 Å². The third-order valence-corrected chi connectivity index (χ3v) is 7.62. The zero-order valence-corrected chi connectivity index (χ0v) is 20.1. The minimum Gasteiger partial charge on any atom is -0.347 e. The lowest BCUT2D eigenvalue weighted by atomic mass is 10.1. The maximum Gasteiger partial charge on any atom is 0.270 e. The van der Waals surface area contributed by atoms with Crippen LogP contribution in [-0.2, 0) is 16.4 Å². The number of hydrogen-bond acceptors (Lipinski definition) is 9. The molecule has 1 aliphatic heterocycles. The average molecular weight is 523 g/mol. The first-order valence-electron chi connectivity index (χ1n) is 11.0. The lowest BCUT2D eigenvalue weighted by molar-refractivity contribution is 0.0935. The van der Waals surface area contributed by atoms with Gasteiger partial charge in [-0.3, -0.25) is 9.59 Å². The van der Waals surface area contributed by atoms with Gasteiger partial charge in [0.2, 0.25) is 5.82 Å². The van der Waals surface area contributed by atoms with Gasteiger partial charge in [-0.2, -0.15) is 5.21 Å². The summed E-state index contributed by atoms with van der Waals surface area (Å²) in [6.07, 6.45) is 1.07. The molecule has 0 saturated carbocycles. The second-order valence-electron chi connectivity index (χ2n) is 8.35. The summed E-state index contributed by atoms with van der Waals surface area (Å²) < 4.78 is 39.0. The van der Waals surface area contributed by atoms with E-state index in [1.807, 2.05) is 0 Å². The molecule has 12 nitrogen and oxygen atoms in total. The standard InChI is InChI=1S/C23H19FN8O4S/c1-12-6-13(2-5-16(12)24)9-25-22(33)17-8-18(27-11-26-17)23(34)28-19-10-37(35,36)20-7-14(3-4-15(19)20)21-29-31-32-30-21/h2-8,11,19H,9-10H2,1H3,(H,25,33)(H,28,34)(H,29,30,31,32). The molecule has 2 amide bonds. The zero-order chi connectivity index (χ0) is 26.2. The van der Waals surface area contributed by atoms with Crippen LogP contribution in [0.1, 0.15) is 43.7 Å². The second kappa shape index (κ2) is 9.46. The maximum absolute atomic E-state index is 13.4. The molecule has 3 heterocycles. The Morgan fingerprint density at radius 1 is 1.08 bits per heavy atom. The molecule has 5 rings (SSSR count). The van der Waals surface area contributed by atoms with E-state index in [0.717, 1.165) is 6.33 Å². The number of nitrogens with one attached hydrogen (secondary N) is 3. The number of benzene rings is 2. The Hall–Kier alpha value is -4.59. The molecule has 188 valence electrons. The molecular formula is C23H19FN8O4S. The predicted octanol–water partition coefficient (Wildman–Crippen LogP) is 1.29. The van der Waals surface area contributed by atoms with Gasteiger partial charge in [0, 0.05) is 18.2 Å². The van der Waals surface area contributed by atoms with Gasteiger partial charge >= 0.3 is 0 Å². The second-order valence-corrected chi connectivity index (χ2v) is 10.4. The summed E-state index contributed by atoms with van der Waals surface area (Å²) in [5.41, 5.74) is 1.87. The monoisotopic (exact) mass is 522 g/mol. The number of H-pyrrole nitrogens is 1. The van der Waals surface area contributed by atoms with Gasteiger partial charge in [0.15, 0.2) is 9.84 Å². The van der Waals surface area contributed by atoms with Crippen LogP contribution in [0.2, 0.25) is 0 Å². The van der Waals surface area contributed by atoms with Crippen LogP contribution in [0.5, 0.6) is 0 Å². The Morgan fingerprint density at radius 3 is 2.59 bits per heavy atom. The number of sulfone groups is 1. The van der Waals surface area contributed by atoms with Crippen LogP contribution in [0.25, 0.3) is 11.4 Å². The minimum absolute atomic E-state index is 0.0526. The van der Waals surface area contributed by atoms with Crippen LogP contribution in [0.4, 0.5) is 4.39 Å². The molecule has 2 aromatic heterocycles. The van der Waals surface area contributed by atoms with Gasteiger partial charge in [0.1, 0.15) is 23.5 Å². The van der Waals surface area contributed by atoms with Crippen molar-refractivity contribution >= 4 is 21.7 Å². The van der Waals surface area contributed by atoms with E-state index in [4.69, 9.17) is 0 Å². The van der Waals surface area contributed by atoms with E-state index in [1.165, 1.54) is 18.2 Å². The Labute approximate surface area is 209 Å². The average Bonchev–Trinajstić information content (AvgIpc) is 3.51. The SMILES string of the molecule is Cc1cc(CNC(=O)c2cc(C(=O)NC3CS(=O)(=O)c4cc(-c5nn[nH]n5)ccc43)ncn2)ccc1F. The topological polar surface area (TPSA) is 173 Å². The maximum atomic E-state index is 13.4. The van der Waals surface area contributed by atoms with Crippen LogP contribution in [0.3, 0.4) is 0 Å². The van der Waals surface area contributed by atoms with Crippen molar-refractivity contribution in [3.63, 3.8) is 0 Å². The lowest BCUT2D eigenvalue weighted by Gasteiger charge is -2.13. The van der Waals surface area contributed by atoms with E-state index in [1.54, 1.807) is 31.2 Å². The number of carbonyl (C=O) groups excluding carboxylic acids is 2. The Balaban J connectivity index is 1.29. The van der Waals surface area contributed by atoms with E-state index in [-0.39, 0.29) is 40.2 Å². The molecule has 3 N–H and O–H groups in total. The largest absolute Gasteiger partial charge is 0.347 e. The third-order valence-electron chi connectivity index (χ3n) is 5.83. The van der Waals surface area contributed by atoms with Gasteiger partial charge in [-0.05, 0) is 41.0 Å². The molecule has 37 heavy (non-hydrogen) atoms. The molecule has 0 bridgehead atoms. The van der Waals surface area contributed by atoms with Crippen LogP contribution in [0.15, 0.2) is 53.7 Å². The number of nitrogens with zero attached hydrogens (tertiary/aromatic N) is 5. The number of fused-ring (bicyclic) bond motifs is 1. The van der Waals surface area contributed by atoms with Gasteiger partial charge in [-0.25, -0.2) is 22.8 Å². The first kappa shape index (κ1) is 24.1. The summed E-state index contributed by atoms with van der Waals surface area (Å²) in [6, 6.07) is 9.55. The zero-order valence-electron chi connectivity index (χ0n) is 19.3. The fourth-order valence-electron chi connectivity index (χ4n) is 3.96. The molecule has 4 aromatic rings. The Bertz CT molecular complexity index is 1630. The smallest absolute Gasteiger partial charge is 0.270 e. The molecular weight excluding hydrogens is 503 g/mol. The number of aromatic amines is 1. The van der Waals surface area contributed by atoms with Gasteiger partial charge in [0.25, 0.3) is 11.8 Å². The Morgan fingerprint density at radius 2 is 1.86 bits per heavy atom. The number of aromatic nitrogens is 6. The number of hydrogen-bond donors (Lipinski definition) is 3. The summed E-state index contributed by atoms with van der Waals surface area (Å²) >= 11 is 0. The summed E-state index contributed by atoms with van der Waals surface area (Å²) in [5.74, 6) is -1.65. The van der Waals surface area contributed by atoms with Crippen LogP contribution >= 0.6 is 0 Å². The molecule has 0 spiro atoms. The molecule has 0 radical (unpaired) electrons. The number of aryl methyl sites for hydroxylation is 1. The van der Waals surface area contributed by atoms with E-state index < -0.39 is 27.7 Å². The molecule has 1 aliphatic rings. The first-order chi connectivity index (χ1) is 17.7. The summed E-state index contributed by atoms with van der Waals surface area (Å²) in [5, 5.41) is 18.8. The summed E-state index contributed by atoms with van der Waals surface area (Å²) in [4.78, 5) is 33.4. The highest BCUT2D eigenvalue weighted by molar-refractivity contribution is 7.91. The highest BCUT2D eigenvalue weighted by Gasteiger charge is 2.36. The van der Waals surface area contributed by atoms with Crippen molar-refractivity contribution in [2.75, 3.05) is 5.75 Å². The van der Waals surface area contributed by atoms with Gasteiger partial charge in [0.05, 0.1) is 16.7 Å². The van der Waals surface area contributed by atoms with Crippen LogP contribution < -0.4 is 10.6 Å². The van der Waals surface area contributed by atoms with Gasteiger partial charge < -0.3 is 10.6 Å². The van der Waals surface area contributed by atoms with E-state index in [9.17, 15) is 22.4 Å². The summed E-state index contributed by atoms with van der Waals surface area (Å²) in [7, 11) is -3.68. The first-order valence-corrected chi connectivity index (χ1v) is 12.6. The van der Waals surface area contributed by atoms with E-state index in [0.29, 0.717) is 22.3 Å². The fraction of sp³-hybridized carbons (Fsp3) is 0.174. The van der Waals surface area contributed by atoms with E-state index in [2.05, 4.69) is 41.2 Å². The van der Waals surface area contributed by atoms with Crippen molar-refractivity contribution < 1.29 is 22.4 Å². The number of amides is 2. The van der Waals surface area contributed by atoms with Crippen LogP contribution in [0, 0.1) is 12.7 Å². The highest BCUT2D eigenvalue weighted by Crippen LogP contribution is 2.35. The van der Waals surface area contributed by atoms with Crippen molar-refractivity contribution in [1.82, 2.24) is 41.2 Å². The number of halogens is 1. The number of tetrazole rings is 1. The third kappa shape index (κ3) is 4.91.